The molecule has 4 rings (SSSR count). The minimum Gasteiger partial charge on any atom is -0.353 e. The fourth-order valence-corrected chi connectivity index (χ4v) is 4.15. The number of hydrogen-bond donors (Lipinski definition) is 0. The van der Waals surface area contributed by atoms with Crippen molar-refractivity contribution in [3.05, 3.63) is 65.4 Å². The van der Waals surface area contributed by atoms with E-state index in [9.17, 15) is 4.79 Å². The number of aryl methyl sites for hydroxylation is 2. The molecule has 0 N–H and O–H groups in total. The van der Waals surface area contributed by atoms with E-state index in [2.05, 4.69) is 26.1 Å². The van der Waals surface area contributed by atoms with Crippen molar-refractivity contribution in [3.63, 3.8) is 0 Å². The first-order valence-electron chi connectivity index (χ1n) is 9.58. The van der Waals surface area contributed by atoms with Crippen LogP contribution in [0, 0.1) is 13.8 Å². The monoisotopic (exact) mass is 409 g/mol. The van der Waals surface area contributed by atoms with Crippen LogP contribution in [0.1, 0.15) is 27.6 Å². The molecule has 0 unspecified atom stereocenters. The summed E-state index contributed by atoms with van der Waals surface area (Å²) in [4.78, 5) is 26.9. The van der Waals surface area contributed by atoms with E-state index in [4.69, 9.17) is 4.52 Å². The highest BCUT2D eigenvalue weighted by atomic mass is 32.2. The van der Waals surface area contributed by atoms with Crippen LogP contribution in [0.5, 0.6) is 0 Å². The van der Waals surface area contributed by atoms with Gasteiger partial charge in [0.15, 0.2) is 5.82 Å². The van der Waals surface area contributed by atoms with Crippen LogP contribution in [-0.4, -0.2) is 52.1 Å². The zero-order valence-electron chi connectivity index (χ0n) is 16.5. The van der Waals surface area contributed by atoms with Gasteiger partial charge >= 0.3 is 0 Å². The predicted molar refractivity (Wildman–Crippen MR) is 112 cm³/mol. The molecule has 0 radical (unpaired) electrons. The predicted octanol–water partition coefficient (Wildman–Crippen LogP) is 3.34. The fourth-order valence-electron chi connectivity index (χ4n) is 3.26. The third-order valence-electron chi connectivity index (χ3n) is 4.82. The Bertz CT molecular complexity index is 981. The Labute approximate surface area is 174 Å². The SMILES string of the molecule is Cc1ccc(N2CCN(C(=O)c3ccccc3SCc3nc(C)no3)CC2)nc1. The standard InChI is InChI=1S/C21H23N5O2S/c1-15-7-8-19(22-13-15)25-9-11-26(12-10-25)21(27)17-5-3-4-6-18(17)29-14-20-23-16(2)24-28-20/h3-8,13H,9-12,14H2,1-2H3. The number of amides is 1. The highest BCUT2D eigenvalue weighted by Gasteiger charge is 2.24. The molecule has 3 aromatic rings. The van der Waals surface area contributed by atoms with Crippen molar-refractivity contribution >= 4 is 23.5 Å². The van der Waals surface area contributed by atoms with E-state index in [0.717, 1.165) is 34.9 Å². The van der Waals surface area contributed by atoms with Crippen molar-refractivity contribution in [3.8, 4) is 0 Å². The van der Waals surface area contributed by atoms with Crippen molar-refractivity contribution in [2.45, 2.75) is 24.5 Å². The number of hydrogen-bond acceptors (Lipinski definition) is 7. The van der Waals surface area contributed by atoms with E-state index in [0.29, 0.717) is 30.6 Å². The number of pyridine rings is 1. The van der Waals surface area contributed by atoms with Crippen molar-refractivity contribution in [1.29, 1.82) is 0 Å². The van der Waals surface area contributed by atoms with Crippen molar-refractivity contribution in [2.75, 3.05) is 31.1 Å². The summed E-state index contributed by atoms with van der Waals surface area (Å²) >= 11 is 1.54. The Kier molecular flexibility index (Phi) is 5.80. The second-order valence-electron chi connectivity index (χ2n) is 6.99. The zero-order chi connectivity index (χ0) is 20.2. The minimum atomic E-state index is 0.0614. The Balaban J connectivity index is 1.40. The van der Waals surface area contributed by atoms with Crippen LogP contribution in [0.25, 0.3) is 0 Å². The average Bonchev–Trinajstić information content (AvgIpc) is 3.18. The summed E-state index contributed by atoms with van der Waals surface area (Å²) in [5, 5.41) is 3.81. The minimum absolute atomic E-state index is 0.0614. The Hall–Kier alpha value is -2.87. The molecule has 0 aliphatic carbocycles. The quantitative estimate of drug-likeness (QED) is 0.598. The maximum Gasteiger partial charge on any atom is 0.255 e. The van der Waals surface area contributed by atoms with E-state index in [1.54, 1.807) is 18.7 Å². The molecule has 3 heterocycles. The van der Waals surface area contributed by atoms with Crippen LogP contribution in [0.4, 0.5) is 5.82 Å². The largest absolute Gasteiger partial charge is 0.353 e. The third kappa shape index (κ3) is 4.59. The number of aromatic nitrogens is 3. The van der Waals surface area contributed by atoms with Gasteiger partial charge in [-0.1, -0.05) is 23.4 Å². The number of nitrogens with zero attached hydrogens (tertiary/aromatic N) is 5. The number of thioether (sulfide) groups is 1. The van der Waals surface area contributed by atoms with Crippen LogP contribution in [0.15, 0.2) is 52.0 Å². The van der Waals surface area contributed by atoms with Gasteiger partial charge in [0, 0.05) is 37.3 Å². The Morgan fingerprint density at radius 1 is 1.10 bits per heavy atom. The Morgan fingerprint density at radius 3 is 2.59 bits per heavy atom. The molecular formula is C21H23N5O2S. The van der Waals surface area contributed by atoms with Gasteiger partial charge in [-0.2, -0.15) is 4.98 Å². The van der Waals surface area contributed by atoms with E-state index in [1.807, 2.05) is 48.4 Å². The van der Waals surface area contributed by atoms with Gasteiger partial charge < -0.3 is 14.3 Å². The number of rotatable bonds is 5. The van der Waals surface area contributed by atoms with Gasteiger partial charge in [-0.15, -0.1) is 11.8 Å². The summed E-state index contributed by atoms with van der Waals surface area (Å²) in [5.74, 6) is 2.75. The maximum absolute atomic E-state index is 13.2. The molecule has 7 nitrogen and oxygen atoms in total. The van der Waals surface area contributed by atoms with Crippen molar-refractivity contribution < 1.29 is 9.32 Å². The van der Waals surface area contributed by atoms with Crippen LogP contribution in [-0.2, 0) is 5.75 Å². The van der Waals surface area contributed by atoms with E-state index >= 15 is 0 Å². The normalized spacial score (nSPS) is 14.3. The fraction of sp³-hybridized carbons (Fsp3) is 0.333. The molecule has 1 saturated heterocycles. The summed E-state index contributed by atoms with van der Waals surface area (Å²) < 4.78 is 5.18. The lowest BCUT2D eigenvalue weighted by molar-refractivity contribution is 0.0743. The van der Waals surface area contributed by atoms with Gasteiger partial charge in [-0.25, -0.2) is 4.98 Å². The highest BCUT2D eigenvalue weighted by molar-refractivity contribution is 7.98. The zero-order valence-corrected chi connectivity index (χ0v) is 17.4. The first-order valence-corrected chi connectivity index (χ1v) is 10.6. The number of piperazine rings is 1. The van der Waals surface area contributed by atoms with Crippen LogP contribution < -0.4 is 4.90 Å². The molecule has 1 amide bonds. The lowest BCUT2D eigenvalue weighted by atomic mass is 10.1. The Morgan fingerprint density at radius 2 is 1.90 bits per heavy atom. The molecular weight excluding hydrogens is 386 g/mol. The van der Waals surface area contributed by atoms with Crippen LogP contribution in [0.2, 0.25) is 0 Å². The van der Waals surface area contributed by atoms with Gasteiger partial charge in [0.25, 0.3) is 5.91 Å². The molecule has 8 heteroatoms. The first kappa shape index (κ1) is 19.4. The van der Waals surface area contributed by atoms with Crippen molar-refractivity contribution in [1.82, 2.24) is 20.0 Å². The molecule has 0 atom stereocenters. The second kappa shape index (κ2) is 8.65. The van der Waals surface area contributed by atoms with Gasteiger partial charge in [-0.3, -0.25) is 4.79 Å². The molecule has 29 heavy (non-hydrogen) atoms. The maximum atomic E-state index is 13.2. The molecule has 1 aliphatic heterocycles. The van der Waals surface area contributed by atoms with Gasteiger partial charge in [0.05, 0.1) is 11.3 Å². The second-order valence-corrected chi connectivity index (χ2v) is 8.01. The number of benzene rings is 1. The molecule has 1 aromatic carbocycles. The topological polar surface area (TPSA) is 75.4 Å². The average molecular weight is 410 g/mol. The van der Waals surface area contributed by atoms with E-state index < -0.39 is 0 Å². The lowest BCUT2D eigenvalue weighted by Gasteiger charge is -2.35. The molecule has 1 aliphatic rings. The third-order valence-corrected chi connectivity index (χ3v) is 5.88. The summed E-state index contributed by atoms with van der Waals surface area (Å²) in [6.45, 7) is 6.73. The molecule has 1 fully saturated rings. The van der Waals surface area contributed by atoms with Gasteiger partial charge in [0.1, 0.15) is 5.82 Å². The van der Waals surface area contributed by atoms with E-state index in [-0.39, 0.29) is 5.91 Å². The summed E-state index contributed by atoms with van der Waals surface area (Å²) in [6.07, 6.45) is 1.88. The molecule has 150 valence electrons. The van der Waals surface area contributed by atoms with Crippen molar-refractivity contribution in [2.24, 2.45) is 0 Å². The lowest BCUT2D eigenvalue weighted by Crippen LogP contribution is -2.49. The molecule has 0 saturated carbocycles. The van der Waals surface area contributed by atoms with Crippen LogP contribution >= 0.6 is 11.8 Å². The number of carbonyl (C=O) groups excluding carboxylic acids is 1. The smallest absolute Gasteiger partial charge is 0.255 e. The highest BCUT2D eigenvalue weighted by Crippen LogP contribution is 2.27. The molecule has 2 aromatic heterocycles. The summed E-state index contributed by atoms with van der Waals surface area (Å²) in [7, 11) is 0. The van der Waals surface area contributed by atoms with Crippen LogP contribution in [0.3, 0.4) is 0 Å². The number of anilines is 1. The molecule has 0 spiro atoms. The van der Waals surface area contributed by atoms with E-state index in [1.165, 1.54) is 0 Å². The summed E-state index contributed by atoms with van der Waals surface area (Å²) in [6, 6.07) is 11.8. The number of carbonyl (C=O) groups is 1. The van der Waals surface area contributed by atoms with Gasteiger partial charge in [0.2, 0.25) is 5.89 Å². The first-order chi connectivity index (χ1) is 14.1. The molecule has 0 bridgehead atoms. The summed E-state index contributed by atoms with van der Waals surface area (Å²) in [5.41, 5.74) is 1.86. The van der Waals surface area contributed by atoms with Gasteiger partial charge in [-0.05, 0) is 37.6 Å².